The van der Waals surface area contributed by atoms with Gasteiger partial charge in [0, 0.05) is 22.1 Å². The van der Waals surface area contributed by atoms with Crippen molar-refractivity contribution in [2.45, 2.75) is 71.1 Å². The second-order valence-corrected chi connectivity index (χ2v) is 8.98. The van der Waals surface area contributed by atoms with Crippen LogP contribution < -0.4 is 9.47 Å². The number of esters is 1. The fourth-order valence-corrected chi connectivity index (χ4v) is 5.99. The summed E-state index contributed by atoms with van der Waals surface area (Å²) in [7, 11) is 5.03. The predicted octanol–water partition coefficient (Wildman–Crippen LogP) is 5.01. The second kappa shape index (κ2) is 7.03. The Hall–Kier alpha value is -1.71. The van der Waals surface area contributed by atoms with E-state index >= 15 is 0 Å². The molecule has 0 aliphatic heterocycles. The molecule has 27 heavy (non-hydrogen) atoms. The molecule has 150 valence electrons. The van der Waals surface area contributed by atoms with E-state index in [9.17, 15) is 4.79 Å². The summed E-state index contributed by atoms with van der Waals surface area (Å²) in [5, 5.41) is 0. The molecule has 2 aliphatic carbocycles. The molecule has 3 rings (SSSR count). The van der Waals surface area contributed by atoms with Crippen molar-refractivity contribution in [3.05, 3.63) is 22.8 Å². The second-order valence-electron chi connectivity index (χ2n) is 8.98. The van der Waals surface area contributed by atoms with Crippen molar-refractivity contribution in [1.29, 1.82) is 0 Å². The van der Waals surface area contributed by atoms with E-state index < -0.39 is 5.41 Å². The Morgan fingerprint density at radius 2 is 1.85 bits per heavy atom. The quantitative estimate of drug-likeness (QED) is 0.695. The van der Waals surface area contributed by atoms with Gasteiger partial charge < -0.3 is 14.2 Å². The molecule has 4 nitrogen and oxygen atoms in total. The number of fused-ring (bicyclic) bond motifs is 3. The first-order chi connectivity index (χ1) is 12.7. The molecular formula is C23H34O4. The predicted molar refractivity (Wildman–Crippen MR) is 107 cm³/mol. The Bertz CT molecular complexity index is 738. The first-order valence-corrected chi connectivity index (χ1v) is 10.1. The van der Waals surface area contributed by atoms with E-state index in [0.29, 0.717) is 5.92 Å². The standard InChI is InChI=1S/C23H34O4/c1-14(2)16-13-17(25-5)19-15(20(16)26-6)9-10-18-22(19,3)11-8-12-23(18,4)21(24)27-7/h13-14,18H,8-12H2,1-7H3/t18-,22+,23+/m1/s1. The summed E-state index contributed by atoms with van der Waals surface area (Å²) in [4.78, 5) is 12.7. The number of hydrogen-bond acceptors (Lipinski definition) is 4. The lowest BCUT2D eigenvalue weighted by molar-refractivity contribution is -0.161. The topological polar surface area (TPSA) is 44.8 Å². The van der Waals surface area contributed by atoms with Gasteiger partial charge in [0.25, 0.3) is 0 Å². The van der Waals surface area contributed by atoms with E-state index in [4.69, 9.17) is 14.2 Å². The molecule has 0 amide bonds. The molecule has 1 fully saturated rings. The SMILES string of the molecule is COC(=O)[C@@]1(C)CCC[C@]2(C)c3c(OC)cc(C(C)C)c(OC)c3CC[C@@H]12. The van der Waals surface area contributed by atoms with Crippen molar-refractivity contribution < 1.29 is 19.0 Å². The maximum absolute atomic E-state index is 12.7. The van der Waals surface area contributed by atoms with Crippen molar-refractivity contribution in [2.75, 3.05) is 21.3 Å². The molecule has 0 aromatic heterocycles. The monoisotopic (exact) mass is 374 g/mol. The first kappa shape index (κ1) is 20.0. The summed E-state index contributed by atoms with van der Waals surface area (Å²) in [6.07, 6.45) is 4.82. The van der Waals surface area contributed by atoms with Gasteiger partial charge in [-0.25, -0.2) is 0 Å². The fraction of sp³-hybridized carbons (Fsp3) is 0.696. The molecule has 0 unspecified atom stereocenters. The minimum atomic E-state index is -0.450. The summed E-state index contributed by atoms with van der Waals surface area (Å²) in [5.74, 6) is 2.46. The fourth-order valence-electron chi connectivity index (χ4n) is 5.99. The van der Waals surface area contributed by atoms with Gasteiger partial charge in [-0.05, 0) is 50.5 Å². The van der Waals surface area contributed by atoms with Crippen molar-refractivity contribution in [3.63, 3.8) is 0 Å². The zero-order valence-electron chi connectivity index (χ0n) is 17.9. The van der Waals surface area contributed by atoms with Crippen LogP contribution in [0.3, 0.4) is 0 Å². The van der Waals surface area contributed by atoms with Crippen molar-refractivity contribution in [1.82, 2.24) is 0 Å². The van der Waals surface area contributed by atoms with E-state index in [0.717, 1.165) is 43.6 Å². The zero-order chi connectivity index (χ0) is 20.0. The molecule has 1 aromatic rings. The molecule has 4 heteroatoms. The van der Waals surface area contributed by atoms with Crippen LogP contribution in [0.15, 0.2) is 6.07 Å². The van der Waals surface area contributed by atoms with Gasteiger partial charge in [0.1, 0.15) is 11.5 Å². The molecule has 0 saturated heterocycles. The molecular weight excluding hydrogens is 340 g/mol. The first-order valence-electron chi connectivity index (χ1n) is 10.1. The average molecular weight is 375 g/mol. The Morgan fingerprint density at radius 1 is 1.15 bits per heavy atom. The largest absolute Gasteiger partial charge is 0.496 e. The lowest BCUT2D eigenvalue weighted by atomic mass is 9.49. The molecule has 0 radical (unpaired) electrons. The maximum atomic E-state index is 12.7. The van der Waals surface area contributed by atoms with Gasteiger partial charge in [-0.3, -0.25) is 4.79 Å². The van der Waals surface area contributed by atoms with Crippen LogP contribution in [-0.2, 0) is 21.4 Å². The normalized spacial score (nSPS) is 29.7. The minimum Gasteiger partial charge on any atom is -0.496 e. The van der Waals surface area contributed by atoms with E-state index in [1.165, 1.54) is 23.8 Å². The smallest absolute Gasteiger partial charge is 0.311 e. The van der Waals surface area contributed by atoms with Gasteiger partial charge in [0.15, 0.2) is 0 Å². The molecule has 3 atom stereocenters. The third-order valence-electron chi connectivity index (χ3n) is 7.25. The maximum Gasteiger partial charge on any atom is 0.311 e. The molecule has 2 aliphatic rings. The van der Waals surface area contributed by atoms with Crippen LogP contribution in [0.5, 0.6) is 11.5 Å². The van der Waals surface area contributed by atoms with E-state index in [2.05, 4.69) is 33.8 Å². The Morgan fingerprint density at radius 3 is 2.41 bits per heavy atom. The Labute approximate surface area is 163 Å². The van der Waals surface area contributed by atoms with E-state index in [-0.39, 0.29) is 17.3 Å². The number of carbonyl (C=O) groups is 1. The van der Waals surface area contributed by atoms with Gasteiger partial charge in [-0.2, -0.15) is 0 Å². The molecule has 1 saturated carbocycles. The number of ether oxygens (including phenoxy) is 3. The van der Waals surface area contributed by atoms with Crippen molar-refractivity contribution in [3.8, 4) is 11.5 Å². The summed E-state index contributed by atoms with van der Waals surface area (Å²) in [6, 6.07) is 2.15. The number of rotatable bonds is 4. The van der Waals surface area contributed by atoms with E-state index in [1.807, 2.05) is 0 Å². The molecule has 0 bridgehead atoms. The third-order valence-corrected chi connectivity index (χ3v) is 7.25. The highest BCUT2D eigenvalue weighted by molar-refractivity contribution is 5.77. The zero-order valence-corrected chi connectivity index (χ0v) is 17.9. The lowest BCUT2D eigenvalue weighted by Gasteiger charge is -2.54. The number of benzene rings is 1. The van der Waals surface area contributed by atoms with Crippen LogP contribution in [-0.4, -0.2) is 27.3 Å². The third kappa shape index (κ3) is 2.83. The van der Waals surface area contributed by atoms with Crippen molar-refractivity contribution >= 4 is 5.97 Å². The molecule has 0 spiro atoms. The Kier molecular flexibility index (Phi) is 5.22. The number of hydrogen-bond donors (Lipinski definition) is 0. The number of carbonyl (C=O) groups excluding carboxylic acids is 1. The Balaban J connectivity index is 2.24. The summed E-state index contributed by atoms with van der Waals surface area (Å²) in [6.45, 7) is 8.78. The van der Waals surface area contributed by atoms with Crippen LogP contribution in [0.25, 0.3) is 0 Å². The van der Waals surface area contributed by atoms with Crippen LogP contribution in [0, 0.1) is 11.3 Å². The minimum absolute atomic E-state index is 0.0772. The van der Waals surface area contributed by atoms with Crippen LogP contribution in [0.1, 0.15) is 76.0 Å². The van der Waals surface area contributed by atoms with Gasteiger partial charge in [-0.1, -0.05) is 27.2 Å². The van der Waals surface area contributed by atoms with Crippen LogP contribution in [0.4, 0.5) is 0 Å². The number of methoxy groups -OCH3 is 3. The molecule has 0 N–H and O–H groups in total. The van der Waals surface area contributed by atoms with Gasteiger partial charge >= 0.3 is 5.97 Å². The van der Waals surface area contributed by atoms with Crippen molar-refractivity contribution in [2.24, 2.45) is 11.3 Å². The van der Waals surface area contributed by atoms with E-state index in [1.54, 1.807) is 14.2 Å². The van der Waals surface area contributed by atoms with Crippen LogP contribution in [0.2, 0.25) is 0 Å². The molecule has 1 aromatic carbocycles. The average Bonchev–Trinajstić information content (AvgIpc) is 2.65. The van der Waals surface area contributed by atoms with Gasteiger partial charge in [0.2, 0.25) is 0 Å². The summed E-state index contributed by atoms with van der Waals surface area (Å²) in [5.41, 5.74) is 3.14. The highest BCUT2D eigenvalue weighted by Gasteiger charge is 2.57. The summed E-state index contributed by atoms with van der Waals surface area (Å²) >= 11 is 0. The lowest BCUT2D eigenvalue weighted by Crippen LogP contribution is -2.52. The summed E-state index contributed by atoms with van der Waals surface area (Å²) < 4.78 is 17.0. The highest BCUT2D eigenvalue weighted by atomic mass is 16.5. The molecule has 0 heterocycles. The van der Waals surface area contributed by atoms with Gasteiger partial charge in [-0.15, -0.1) is 0 Å². The van der Waals surface area contributed by atoms with Gasteiger partial charge in [0.05, 0.1) is 26.7 Å². The highest BCUT2D eigenvalue weighted by Crippen LogP contribution is 2.61. The van der Waals surface area contributed by atoms with Crippen LogP contribution >= 0.6 is 0 Å².